The Balaban J connectivity index is 1.43. The lowest BCUT2D eigenvalue weighted by molar-refractivity contribution is 0.103. The molecule has 0 bridgehead atoms. The first kappa shape index (κ1) is 23.5. The fraction of sp³-hybridized carbons (Fsp3) is 0.476. The van der Waals surface area contributed by atoms with E-state index in [0.29, 0.717) is 31.7 Å². The highest BCUT2D eigenvalue weighted by atomic mass is 32.2. The van der Waals surface area contributed by atoms with E-state index in [-0.39, 0.29) is 36.1 Å². The van der Waals surface area contributed by atoms with E-state index in [1.54, 1.807) is 12.3 Å². The summed E-state index contributed by atoms with van der Waals surface area (Å²) in [5.41, 5.74) is 1.96. The van der Waals surface area contributed by atoms with Crippen molar-refractivity contribution in [1.29, 1.82) is 0 Å². The third-order valence-electron chi connectivity index (χ3n) is 5.79. The zero-order valence-corrected chi connectivity index (χ0v) is 18.7. The van der Waals surface area contributed by atoms with Crippen LogP contribution in [0.4, 0.5) is 10.2 Å². The number of alkyl halides is 1. The van der Waals surface area contributed by atoms with Crippen molar-refractivity contribution >= 4 is 21.9 Å². The lowest BCUT2D eigenvalue weighted by Gasteiger charge is -2.17. The molecule has 3 heterocycles. The third kappa shape index (κ3) is 6.22. The molecule has 3 atom stereocenters. The molecule has 33 heavy (non-hydrogen) atoms. The van der Waals surface area contributed by atoms with Gasteiger partial charge in [0.1, 0.15) is 18.3 Å². The van der Waals surface area contributed by atoms with Crippen molar-refractivity contribution in [3.05, 3.63) is 53.8 Å². The Labute approximate surface area is 191 Å². The molecule has 178 valence electrons. The number of nitrogens with two attached hydrogens (primary N) is 1. The Bertz CT molecular complexity index is 1140. The number of nitrogens with zero attached hydrogens (tertiary/aromatic N) is 3. The summed E-state index contributed by atoms with van der Waals surface area (Å²) in [6, 6.07) is 1.08. The van der Waals surface area contributed by atoms with E-state index < -0.39 is 22.5 Å². The highest BCUT2D eigenvalue weighted by Crippen LogP contribution is 2.32. The maximum Gasteiger partial charge on any atom is 0.333 e. The number of ketones is 1. The van der Waals surface area contributed by atoms with Crippen LogP contribution in [-0.4, -0.2) is 60.8 Å². The summed E-state index contributed by atoms with van der Waals surface area (Å²) in [6.07, 6.45) is 8.37. The molecule has 3 unspecified atom stereocenters. The molecule has 0 radical (unpaired) electrons. The summed E-state index contributed by atoms with van der Waals surface area (Å²) in [4.78, 5) is 21.3. The quantitative estimate of drug-likeness (QED) is 0.409. The molecule has 10 nitrogen and oxygen atoms in total. The molecule has 12 heteroatoms. The van der Waals surface area contributed by atoms with Crippen LogP contribution in [0.15, 0.2) is 42.6 Å². The van der Waals surface area contributed by atoms with Gasteiger partial charge in [0, 0.05) is 30.7 Å². The monoisotopic (exact) mass is 479 g/mol. The predicted octanol–water partition coefficient (Wildman–Crippen LogP) is 1.60. The van der Waals surface area contributed by atoms with Crippen LogP contribution >= 0.6 is 0 Å². The molecular weight excluding hydrogens is 453 g/mol. The van der Waals surface area contributed by atoms with Crippen LogP contribution < -0.4 is 10.5 Å². The first-order valence-corrected chi connectivity index (χ1v) is 12.1. The number of rotatable bonds is 9. The first-order valence-electron chi connectivity index (χ1n) is 10.6. The van der Waals surface area contributed by atoms with E-state index >= 15 is 0 Å². The smallest absolute Gasteiger partial charge is 0.333 e. The number of anilines is 1. The van der Waals surface area contributed by atoms with Gasteiger partial charge in [0.05, 0.1) is 31.4 Å². The second kappa shape index (κ2) is 10.1. The number of hydrogen-bond donors (Lipinski definition) is 2. The minimum atomic E-state index is -4.08. The van der Waals surface area contributed by atoms with Crippen molar-refractivity contribution in [3.63, 3.8) is 0 Å². The van der Waals surface area contributed by atoms with E-state index in [1.807, 2.05) is 16.8 Å². The van der Waals surface area contributed by atoms with Crippen LogP contribution in [0.3, 0.4) is 0 Å². The largest absolute Gasteiger partial charge is 0.377 e. The number of hydrogen-bond acceptors (Lipinski definition) is 8. The number of carbonyl (C=O) groups is 1. The SMILES string of the molecule is NS(=O)(=O)OCC1CC(F)C(Nc2ncncc2C(=O)c2ccn(CC3=CCOCC3)c2)C1. The number of ether oxygens (including phenoxy) is 1. The van der Waals surface area contributed by atoms with Crippen molar-refractivity contribution in [2.24, 2.45) is 11.1 Å². The number of nitrogens with one attached hydrogen (secondary N) is 1. The van der Waals surface area contributed by atoms with Crippen molar-refractivity contribution in [2.45, 2.75) is 38.0 Å². The van der Waals surface area contributed by atoms with Crippen molar-refractivity contribution in [1.82, 2.24) is 14.5 Å². The maximum atomic E-state index is 14.6. The molecule has 0 amide bonds. The van der Waals surface area contributed by atoms with Crippen LogP contribution in [0.5, 0.6) is 0 Å². The zero-order chi connectivity index (χ0) is 23.4. The average Bonchev–Trinajstić information content (AvgIpc) is 3.39. The lowest BCUT2D eigenvalue weighted by atomic mass is 10.1. The topological polar surface area (TPSA) is 138 Å². The van der Waals surface area contributed by atoms with Crippen LogP contribution in [0, 0.1) is 5.92 Å². The molecule has 1 fully saturated rings. The molecule has 1 aliphatic carbocycles. The predicted molar refractivity (Wildman–Crippen MR) is 118 cm³/mol. The normalized spacial score (nSPS) is 23.3. The summed E-state index contributed by atoms with van der Waals surface area (Å²) in [6.45, 7) is 1.79. The lowest BCUT2D eigenvalue weighted by Crippen LogP contribution is -2.27. The van der Waals surface area contributed by atoms with E-state index in [2.05, 4.69) is 19.5 Å². The molecule has 0 saturated heterocycles. The van der Waals surface area contributed by atoms with Gasteiger partial charge in [-0.2, -0.15) is 8.42 Å². The summed E-state index contributed by atoms with van der Waals surface area (Å²) in [5, 5.41) is 7.84. The number of aromatic nitrogens is 3. The maximum absolute atomic E-state index is 14.6. The van der Waals surface area contributed by atoms with Gasteiger partial charge >= 0.3 is 10.3 Å². The summed E-state index contributed by atoms with van der Waals surface area (Å²) >= 11 is 0. The molecular formula is C21H26FN5O5S. The standard InChI is InChI=1S/C21H26FN5O5S/c22-18-7-15(12-32-33(23,29)30)8-19(18)26-21-17(9-24-13-25-21)20(28)16-1-4-27(11-16)10-14-2-5-31-6-3-14/h1-2,4,9,11,13,15,18-19H,3,5-8,10,12H2,(H2,23,29,30)(H,24,25,26). The number of carbonyl (C=O) groups excluding carboxylic acids is 1. The van der Waals surface area contributed by atoms with Crippen LogP contribution in [0.25, 0.3) is 0 Å². The molecule has 2 aliphatic rings. The molecule has 0 spiro atoms. The van der Waals surface area contributed by atoms with E-state index in [4.69, 9.17) is 9.88 Å². The molecule has 0 aromatic carbocycles. The van der Waals surface area contributed by atoms with Gasteiger partial charge in [0.15, 0.2) is 5.78 Å². The molecule has 4 rings (SSSR count). The second-order valence-electron chi connectivity index (χ2n) is 8.26. The Morgan fingerprint density at radius 3 is 3.00 bits per heavy atom. The fourth-order valence-electron chi connectivity index (χ4n) is 4.12. The first-order chi connectivity index (χ1) is 15.8. The molecule has 2 aromatic rings. The van der Waals surface area contributed by atoms with E-state index in [0.717, 1.165) is 6.42 Å². The van der Waals surface area contributed by atoms with Crippen molar-refractivity contribution in [2.75, 3.05) is 25.1 Å². The third-order valence-corrected chi connectivity index (χ3v) is 6.25. The van der Waals surface area contributed by atoms with E-state index in [9.17, 15) is 17.6 Å². The van der Waals surface area contributed by atoms with Gasteiger partial charge in [-0.05, 0) is 31.2 Å². The van der Waals surface area contributed by atoms with Gasteiger partial charge < -0.3 is 14.6 Å². The van der Waals surface area contributed by atoms with Gasteiger partial charge in [0.25, 0.3) is 0 Å². The fourth-order valence-corrected chi connectivity index (χ4v) is 4.50. The molecule has 1 saturated carbocycles. The van der Waals surface area contributed by atoms with Gasteiger partial charge in [-0.15, -0.1) is 0 Å². The van der Waals surface area contributed by atoms with Crippen LogP contribution in [0.2, 0.25) is 0 Å². The Morgan fingerprint density at radius 2 is 2.24 bits per heavy atom. The van der Waals surface area contributed by atoms with E-state index in [1.165, 1.54) is 18.1 Å². The van der Waals surface area contributed by atoms with Crippen molar-refractivity contribution < 1.29 is 26.5 Å². The van der Waals surface area contributed by atoms with Crippen LogP contribution in [-0.2, 0) is 25.8 Å². The minimum Gasteiger partial charge on any atom is -0.377 e. The second-order valence-corrected chi connectivity index (χ2v) is 9.48. The molecule has 1 aliphatic heterocycles. The Hall–Kier alpha value is -2.67. The van der Waals surface area contributed by atoms with Crippen molar-refractivity contribution in [3.8, 4) is 0 Å². The molecule has 2 aromatic heterocycles. The minimum absolute atomic E-state index is 0.116. The van der Waals surface area contributed by atoms with Gasteiger partial charge in [-0.3, -0.25) is 8.98 Å². The van der Waals surface area contributed by atoms with Gasteiger partial charge in [-0.25, -0.2) is 19.5 Å². The average molecular weight is 480 g/mol. The summed E-state index contributed by atoms with van der Waals surface area (Å²) in [5.74, 6) is -0.374. The Kier molecular flexibility index (Phi) is 7.17. The highest BCUT2D eigenvalue weighted by Gasteiger charge is 2.36. The van der Waals surface area contributed by atoms with Crippen LogP contribution in [0.1, 0.15) is 35.2 Å². The van der Waals surface area contributed by atoms with Gasteiger partial charge in [-0.1, -0.05) is 11.6 Å². The summed E-state index contributed by atoms with van der Waals surface area (Å²) < 4.78 is 48.4. The Morgan fingerprint density at radius 1 is 1.39 bits per heavy atom. The molecule has 3 N–H and O–H groups in total. The van der Waals surface area contributed by atoms with Gasteiger partial charge in [0.2, 0.25) is 0 Å². The number of halogens is 1. The zero-order valence-electron chi connectivity index (χ0n) is 17.9. The summed E-state index contributed by atoms with van der Waals surface area (Å²) in [7, 11) is -4.08. The highest BCUT2D eigenvalue weighted by molar-refractivity contribution is 7.84.